The van der Waals surface area contributed by atoms with E-state index < -0.39 is 5.97 Å². The summed E-state index contributed by atoms with van der Waals surface area (Å²) in [4.78, 5) is 19.7. The predicted octanol–water partition coefficient (Wildman–Crippen LogP) is 0.882. The molecule has 0 heterocycles. The van der Waals surface area contributed by atoms with Crippen LogP contribution in [0.25, 0.3) is 0 Å². The predicted molar refractivity (Wildman–Crippen MR) is 46.5 cm³/mol. The number of aromatic carboxylic acids is 1. The lowest BCUT2D eigenvalue weighted by atomic mass is 10.1. The summed E-state index contributed by atoms with van der Waals surface area (Å²) in [6.45, 7) is 0. The highest BCUT2D eigenvalue weighted by Gasteiger charge is 2.14. The average molecular weight is 181 g/mol. The van der Waals surface area contributed by atoms with Crippen LogP contribution in [0.4, 0.5) is 0 Å². The van der Waals surface area contributed by atoms with E-state index in [0.29, 0.717) is 5.56 Å². The molecule has 2 N–H and O–H groups in total. The first-order valence-corrected chi connectivity index (χ1v) is 3.59. The zero-order chi connectivity index (χ0) is 9.84. The van der Waals surface area contributed by atoms with Gasteiger partial charge in [-0.2, -0.15) is 0 Å². The van der Waals surface area contributed by atoms with Gasteiger partial charge in [-0.05, 0) is 18.2 Å². The summed E-state index contributed by atoms with van der Waals surface area (Å²) < 4.78 is 4.55. The van der Waals surface area contributed by atoms with Crippen LogP contribution in [0.3, 0.4) is 0 Å². The quantitative estimate of drug-likeness (QED) is 0.544. The lowest BCUT2D eigenvalue weighted by molar-refractivity contribution is 0.0697. The van der Waals surface area contributed by atoms with E-state index in [-0.39, 0.29) is 11.5 Å². The molecule has 4 nitrogen and oxygen atoms in total. The molecule has 1 rings (SSSR count). The van der Waals surface area contributed by atoms with Gasteiger partial charge in [-0.1, -0.05) is 6.07 Å². The Labute approximate surface area is 74.8 Å². The van der Waals surface area contributed by atoms with Crippen molar-refractivity contribution in [2.24, 2.45) is 0 Å². The van der Waals surface area contributed by atoms with Gasteiger partial charge in [0.15, 0.2) is 7.11 Å². The van der Waals surface area contributed by atoms with E-state index in [4.69, 9.17) is 9.90 Å². The molecular formula is C9H9O4+. The number of hydrogen-bond acceptors (Lipinski definition) is 2. The van der Waals surface area contributed by atoms with E-state index in [9.17, 15) is 4.79 Å². The van der Waals surface area contributed by atoms with Crippen molar-refractivity contribution >= 4 is 11.9 Å². The first-order valence-electron chi connectivity index (χ1n) is 3.59. The monoisotopic (exact) mass is 181 g/mol. The minimum atomic E-state index is -1.04. The van der Waals surface area contributed by atoms with E-state index in [1.165, 1.54) is 25.3 Å². The molecular weight excluding hydrogens is 172 g/mol. The zero-order valence-corrected chi connectivity index (χ0v) is 7.02. The molecule has 0 saturated carbocycles. The standard InChI is InChI=1S/C9H8O4/c1-13-9(12)7-4-2-3-6(5-7)8(10)11/h2-5H,1H3,(H,10,11)/p+1. The number of esters is 1. The molecule has 0 bridgehead atoms. The highest BCUT2D eigenvalue weighted by Crippen LogP contribution is 2.05. The van der Waals surface area contributed by atoms with Crippen LogP contribution in [-0.2, 0) is 4.74 Å². The van der Waals surface area contributed by atoms with Crippen molar-refractivity contribution in [3.8, 4) is 0 Å². The Balaban J connectivity index is 3.05. The van der Waals surface area contributed by atoms with Crippen molar-refractivity contribution < 1.29 is 19.4 Å². The van der Waals surface area contributed by atoms with Gasteiger partial charge >= 0.3 is 11.9 Å². The molecule has 0 atom stereocenters. The second-order valence-corrected chi connectivity index (χ2v) is 2.40. The molecule has 1 aromatic carbocycles. The summed E-state index contributed by atoms with van der Waals surface area (Å²) in [6.07, 6.45) is 0. The van der Waals surface area contributed by atoms with Crippen molar-refractivity contribution in [3.63, 3.8) is 0 Å². The maximum absolute atomic E-state index is 10.5. The van der Waals surface area contributed by atoms with Crippen molar-refractivity contribution in [1.82, 2.24) is 0 Å². The Morgan fingerprint density at radius 3 is 2.62 bits per heavy atom. The summed E-state index contributed by atoms with van der Waals surface area (Å²) in [6, 6.07) is 5.87. The molecule has 0 unspecified atom stereocenters. The number of carboxylic acid groups (broad SMARTS) is 1. The van der Waals surface area contributed by atoms with Gasteiger partial charge in [-0.3, -0.25) is 0 Å². The Hall–Kier alpha value is -1.84. The topological polar surface area (TPSA) is 67.9 Å². The highest BCUT2D eigenvalue weighted by atomic mass is 16.5. The van der Waals surface area contributed by atoms with Gasteiger partial charge in [0.25, 0.3) is 0 Å². The van der Waals surface area contributed by atoms with Gasteiger partial charge in [0.1, 0.15) is 5.56 Å². The maximum Gasteiger partial charge on any atom is 0.517 e. The Morgan fingerprint density at radius 1 is 1.46 bits per heavy atom. The molecule has 0 aliphatic heterocycles. The maximum atomic E-state index is 10.5. The van der Waals surface area contributed by atoms with Crippen LogP contribution in [0.15, 0.2) is 24.3 Å². The van der Waals surface area contributed by atoms with E-state index >= 15 is 0 Å². The van der Waals surface area contributed by atoms with E-state index in [1.807, 2.05) is 0 Å². The number of benzene rings is 1. The van der Waals surface area contributed by atoms with E-state index in [0.717, 1.165) is 0 Å². The summed E-state index contributed by atoms with van der Waals surface area (Å²) in [5, 5.41) is 8.63. The van der Waals surface area contributed by atoms with Gasteiger partial charge in [0, 0.05) is 0 Å². The summed E-state index contributed by atoms with van der Waals surface area (Å²) in [5.41, 5.74) is 0.462. The van der Waals surface area contributed by atoms with Crippen LogP contribution < -0.4 is 0 Å². The second kappa shape index (κ2) is 3.71. The molecule has 13 heavy (non-hydrogen) atoms. The number of hydrogen-bond donors (Lipinski definition) is 1. The van der Waals surface area contributed by atoms with Gasteiger partial charge in [-0.15, -0.1) is 0 Å². The average Bonchev–Trinajstić information content (AvgIpc) is 2.17. The fraction of sp³-hybridized carbons (Fsp3) is 0.111. The number of carbonyl (C=O) groups excluding carboxylic acids is 1. The molecule has 0 saturated heterocycles. The normalized spacial score (nSPS) is 9.31. The summed E-state index contributed by atoms with van der Waals surface area (Å²) in [5.74, 6) is -1.33. The number of ether oxygens (including phenoxy) is 1. The summed E-state index contributed by atoms with van der Waals surface area (Å²) in [7, 11) is 1.31. The lowest BCUT2D eigenvalue weighted by Crippen LogP contribution is -2.05. The Kier molecular flexibility index (Phi) is 2.64. The second-order valence-electron chi connectivity index (χ2n) is 2.40. The zero-order valence-electron chi connectivity index (χ0n) is 7.02. The van der Waals surface area contributed by atoms with Crippen molar-refractivity contribution in [3.05, 3.63) is 35.4 Å². The fourth-order valence-corrected chi connectivity index (χ4v) is 0.903. The summed E-state index contributed by atoms with van der Waals surface area (Å²) >= 11 is 0. The molecule has 0 aliphatic carbocycles. The van der Waals surface area contributed by atoms with Crippen molar-refractivity contribution in [1.29, 1.82) is 0 Å². The van der Waals surface area contributed by atoms with Crippen molar-refractivity contribution in [2.45, 2.75) is 0 Å². The largest absolute Gasteiger partial charge is 0.517 e. The minimum Gasteiger partial charge on any atom is -0.478 e. The molecule has 68 valence electrons. The van der Waals surface area contributed by atoms with Gasteiger partial charge in [-0.25, -0.2) is 4.79 Å². The van der Waals surface area contributed by atoms with Gasteiger partial charge in [0.2, 0.25) is 0 Å². The number of rotatable bonds is 2. The van der Waals surface area contributed by atoms with E-state index in [2.05, 4.69) is 4.74 Å². The fourth-order valence-electron chi connectivity index (χ4n) is 0.903. The molecule has 0 aromatic heterocycles. The molecule has 0 fully saturated rings. The van der Waals surface area contributed by atoms with Crippen LogP contribution in [0.1, 0.15) is 15.9 Å². The molecule has 0 aliphatic rings. The van der Waals surface area contributed by atoms with Crippen LogP contribution in [0, 0.1) is 0 Å². The minimum absolute atomic E-state index is 0.112. The number of carboxylic acids is 1. The third-order valence-electron chi connectivity index (χ3n) is 1.55. The lowest BCUT2D eigenvalue weighted by Gasteiger charge is -1.94. The van der Waals surface area contributed by atoms with Crippen molar-refractivity contribution in [2.75, 3.05) is 7.11 Å². The van der Waals surface area contributed by atoms with Gasteiger partial charge < -0.3 is 14.6 Å². The van der Waals surface area contributed by atoms with E-state index in [1.54, 1.807) is 6.07 Å². The SMILES string of the molecule is COC(=[OH+])c1cccc(C(=O)O)c1. The smallest absolute Gasteiger partial charge is 0.478 e. The van der Waals surface area contributed by atoms with Crippen LogP contribution >= 0.6 is 0 Å². The Morgan fingerprint density at radius 2 is 2.08 bits per heavy atom. The first kappa shape index (κ1) is 9.25. The van der Waals surface area contributed by atoms with Crippen LogP contribution in [0.2, 0.25) is 0 Å². The molecule has 0 spiro atoms. The first-order chi connectivity index (χ1) is 6.15. The number of carbonyl (C=O) groups is 1. The number of methoxy groups -OCH3 is 1. The molecule has 4 heteroatoms. The molecule has 1 aromatic rings. The molecule has 0 amide bonds. The van der Waals surface area contributed by atoms with Crippen LogP contribution in [0.5, 0.6) is 0 Å². The van der Waals surface area contributed by atoms with Crippen LogP contribution in [-0.4, -0.2) is 28.9 Å². The Bertz CT molecular complexity index is 343. The third-order valence-corrected chi connectivity index (χ3v) is 1.55. The third kappa shape index (κ3) is 2.05. The van der Waals surface area contributed by atoms with Gasteiger partial charge in [0.05, 0.1) is 5.56 Å². The molecule has 0 radical (unpaired) electrons. The highest BCUT2D eigenvalue weighted by molar-refractivity contribution is 5.94.